The summed E-state index contributed by atoms with van der Waals surface area (Å²) in [4.78, 5) is 15.5. The van der Waals surface area contributed by atoms with Crippen LogP contribution in [0.3, 0.4) is 0 Å². The maximum atomic E-state index is 12.3. The van der Waals surface area contributed by atoms with Crippen molar-refractivity contribution in [3.63, 3.8) is 0 Å². The maximum absolute atomic E-state index is 12.3. The molecule has 0 saturated heterocycles. The van der Waals surface area contributed by atoms with Crippen LogP contribution in [0.15, 0.2) is 66.9 Å². The molecule has 0 bridgehead atoms. The molecule has 2 nitrogen and oxygen atoms in total. The summed E-state index contributed by atoms with van der Waals surface area (Å²) in [6, 6.07) is 7.88. The van der Waals surface area contributed by atoms with Crippen LogP contribution < -0.4 is 0 Å². The lowest BCUT2D eigenvalue weighted by Crippen LogP contribution is -1.98. The van der Waals surface area contributed by atoms with E-state index in [2.05, 4.69) is 11.6 Å². The highest BCUT2D eigenvalue weighted by molar-refractivity contribution is 6.07. The number of aromatic nitrogens is 1. The van der Waals surface area contributed by atoms with Crippen molar-refractivity contribution in [3.05, 3.63) is 72.5 Å². The Bertz CT molecular complexity index is 674. The van der Waals surface area contributed by atoms with Crippen molar-refractivity contribution < 1.29 is 4.79 Å². The fourth-order valence-electron chi connectivity index (χ4n) is 2.28. The summed E-state index contributed by atoms with van der Waals surface area (Å²) in [6.07, 6.45) is 10.7. The van der Waals surface area contributed by atoms with Crippen molar-refractivity contribution >= 4 is 16.7 Å². The van der Waals surface area contributed by atoms with Crippen LogP contribution >= 0.6 is 0 Å². The van der Waals surface area contributed by atoms with Gasteiger partial charge in [-0.1, -0.05) is 49.1 Å². The lowest BCUT2D eigenvalue weighted by atomic mass is 10.0. The van der Waals surface area contributed by atoms with Gasteiger partial charge in [0.25, 0.3) is 0 Å². The minimum absolute atomic E-state index is 0.168. The van der Waals surface area contributed by atoms with Gasteiger partial charge in [0.2, 0.25) is 0 Å². The molecule has 0 aliphatic heterocycles. The zero-order chi connectivity index (χ0) is 14.4. The smallest absolute Gasteiger partial charge is 0.165 e. The summed E-state index contributed by atoms with van der Waals surface area (Å²) in [7, 11) is 0. The maximum Gasteiger partial charge on any atom is 0.165 e. The molecule has 0 saturated carbocycles. The number of fused-ring (bicyclic) bond motifs is 1. The van der Waals surface area contributed by atoms with Crippen molar-refractivity contribution in [2.24, 2.45) is 0 Å². The molecule has 0 fully saturated rings. The van der Waals surface area contributed by atoms with Crippen LogP contribution in [-0.2, 0) is 0 Å². The van der Waals surface area contributed by atoms with E-state index in [1.807, 2.05) is 49.4 Å². The second-order valence-electron chi connectivity index (χ2n) is 4.65. The molecule has 2 aromatic rings. The SMILES string of the molecule is C=C/C=C(\C=C/C)CCC(=O)c1c[nH]c2ccccc12. The molecule has 0 atom stereocenters. The molecule has 1 heterocycles. The summed E-state index contributed by atoms with van der Waals surface area (Å²) >= 11 is 0. The number of para-hydroxylation sites is 1. The number of benzene rings is 1. The number of nitrogens with one attached hydrogen (secondary N) is 1. The second-order valence-corrected chi connectivity index (χ2v) is 4.65. The lowest BCUT2D eigenvalue weighted by Gasteiger charge is -2.01. The fraction of sp³-hybridized carbons (Fsp3) is 0.167. The van der Waals surface area contributed by atoms with E-state index in [-0.39, 0.29) is 5.78 Å². The highest BCUT2D eigenvalue weighted by Gasteiger charge is 2.11. The first kappa shape index (κ1) is 14.1. The van der Waals surface area contributed by atoms with Gasteiger partial charge in [0.1, 0.15) is 0 Å². The highest BCUT2D eigenvalue weighted by Crippen LogP contribution is 2.20. The van der Waals surface area contributed by atoms with Crippen LogP contribution in [0.25, 0.3) is 10.9 Å². The quantitative estimate of drug-likeness (QED) is 0.589. The Labute approximate surface area is 119 Å². The molecule has 1 aromatic heterocycles. The molecule has 0 aliphatic carbocycles. The Morgan fingerprint density at radius 1 is 1.30 bits per heavy atom. The lowest BCUT2D eigenvalue weighted by molar-refractivity contribution is 0.0984. The van der Waals surface area contributed by atoms with Gasteiger partial charge in [-0.3, -0.25) is 4.79 Å². The number of H-pyrrole nitrogens is 1. The van der Waals surface area contributed by atoms with E-state index in [4.69, 9.17) is 0 Å². The Morgan fingerprint density at radius 2 is 2.10 bits per heavy atom. The molecular formula is C18H19NO. The van der Waals surface area contributed by atoms with Gasteiger partial charge in [-0.15, -0.1) is 0 Å². The predicted molar refractivity (Wildman–Crippen MR) is 85.0 cm³/mol. The van der Waals surface area contributed by atoms with Crippen molar-refractivity contribution in [1.29, 1.82) is 0 Å². The average molecular weight is 265 g/mol. The molecule has 2 heteroatoms. The van der Waals surface area contributed by atoms with Crippen LogP contribution in [-0.4, -0.2) is 10.8 Å². The number of carbonyl (C=O) groups excluding carboxylic acids is 1. The van der Waals surface area contributed by atoms with Crippen LogP contribution in [0.4, 0.5) is 0 Å². The average Bonchev–Trinajstić information content (AvgIpc) is 2.89. The Hall–Kier alpha value is -2.35. The van der Waals surface area contributed by atoms with Crippen molar-refractivity contribution in [2.75, 3.05) is 0 Å². The Balaban J connectivity index is 2.12. The molecule has 1 aromatic carbocycles. The summed E-state index contributed by atoms with van der Waals surface area (Å²) in [5.74, 6) is 0.168. The Morgan fingerprint density at radius 3 is 2.85 bits per heavy atom. The van der Waals surface area contributed by atoms with Gasteiger partial charge in [0, 0.05) is 29.1 Å². The number of hydrogen-bond donors (Lipinski definition) is 1. The van der Waals surface area contributed by atoms with Gasteiger partial charge in [0.15, 0.2) is 5.78 Å². The molecular weight excluding hydrogens is 246 g/mol. The van der Waals surface area contributed by atoms with Gasteiger partial charge in [-0.05, 0) is 25.0 Å². The second kappa shape index (κ2) is 6.71. The van der Waals surface area contributed by atoms with Crippen LogP contribution in [0.2, 0.25) is 0 Å². The monoisotopic (exact) mass is 265 g/mol. The molecule has 0 radical (unpaired) electrons. The molecule has 1 N–H and O–H groups in total. The van der Waals surface area contributed by atoms with Gasteiger partial charge >= 0.3 is 0 Å². The van der Waals surface area contributed by atoms with E-state index in [0.717, 1.165) is 28.5 Å². The third-order valence-electron chi connectivity index (χ3n) is 3.24. The number of aromatic amines is 1. The third-order valence-corrected chi connectivity index (χ3v) is 3.24. The van der Waals surface area contributed by atoms with Crippen LogP contribution in [0, 0.1) is 0 Å². The van der Waals surface area contributed by atoms with Crippen LogP contribution in [0.5, 0.6) is 0 Å². The van der Waals surface area contributed by atoms with Gasteiger partial charge < -0.3 is 4.98 Å². The topological polar surface area (TPSA) is 32.9 Å². The largest absolute Gasteiger partial charge is 0.360 e. The molecule has 102 valence electrons. The number of ketones is 1. The Kier molecular flexibility index (Phi) is 4.72. The van der Waals surface area contributed by atoms with Crippen molar-refractivity contribution in [3.8, 4) is 0 Å². The minimum atomic E-state index is 0.168. The van der Waals surface area contributed by atoms with Gasteiger partial charge in [0.05, 0.1) is 0 Å². The van der Waals surface area contributed by atoms with Crippen molar-refractivity contribution in [1.82, 2.24) is 4.98 Å². The molecule has 20 heavy (non-hydrogen) atoms. The molecule has 0 amide bonds. The fourth-order valence-corrected chi connectivity index (χ4v) is 2.28. The van der Waals surface area contributed by atoms with Crippen molar-refractivity contribution in [2.45, 2.75) is 19.8 Å². The first-order valence-corrected chi connectivity index (χ1v) is 6.80. The first-order chi connectivity index (χ1) is 9.76. The number of hydrogen-bond acceptors (Lipinski definition) is 1. The number of Topliss-reactive ketones (excluding diaryl/α,β-unsaturated/α-hetero) is 1. The third kappa shape index (κ3) is 3.15. The molecule has 0 spiro atoms. The minimum Gasteiger partial charge on any atom is -0.360 e. The van der Waals surface area contributed by atoms with Gasteiger partial charge in [-0.2, -0.15) is 0 Å². The zero-order valence-corrected chi connectivity index (χ0v) is 11.7. The number of carbonyl (C=O) groups is 1. The molecule has 2 rings (SSSR count). The van der Waals surface area contributed by atoms with E-state index in [9.17, 15) is 4.79 Å². The van der Waals surface area contributed by atoms with E-state index >= 15 is 0 Å². The summed E-state index contributed by atoms with van der Waals surface area (Å²) in [6.45, 7) is 5.67. The predicted octanol–water partition coefficient (Wildman–Crippen LogP) is 4.82. The molecule has 0 unspecified atom stereocenters. The standard InChI is InChI=1S/C18H19NO/c1-3-7-14(8-4-2)11-12-18(20)16-13-19-17-10-6-5-9-15(16)17/h3-10,13,19H,1,11-12H2,2H3/b8-4-,14-7+. The molecule has 0 aliphatic rings. The van der Waals surface area contributed by atoms with E-state index < -0.39 is 0 Å². The summed E-state index contributed by atoms with van der Waals surface area (Å²) in [5, 5.41) is 0.998. The summed E-state index contributed by atoms with van der Waals surface area (Å²) in [5.41, 5.74) is 2.90. The number of rotatable bonds is 6. The highest BCUT2D eigenvalue weighted by atomic mass is 16.1. The van der Waals surface area contributed by atoms with E-state index in [1.165, 1.54) is 0 Å². The normalized spacial score (nSPS) is 12.2. The summed E-state index contributed by atoms with van der Waals surface area (Å²) < 4.78 is 0. The van der Waals surface area contributed by atoms with Crippen LogP contribution in [0.1, 0.15) is 30.1 Å². The van der Waals surface area contributed by atoms with E-state index in [1.54, 1.807) is 12.3 Å². The van der Waals surface area contributed by atoms with E-state index in [0.29, 0.717) is 6.42 Å². The first-order valence-electron chi connectivity index (χ1n) is 6.80. The number of allylic oxidation sites excluding steroid dienone is 5. The zero-order valence-electron chi connectivity index (χ0n) is 11.7. The van der Waals surface area contributed by atoms with Gasteiger partial charge in [-0.25, -0.2) is 0 Å².